The van der Waals surface area contributed by atoms with Crippen molar-refractivity contribution in [2.24, 2.45) is 0 Å². The van der Waals surface area contributed by atoms with Crippen molar-refractivity contribution in [3.05, 3.63) is 364 Å². The summed E-state index contributed by atoms with van der Waals surface area (Å²) in [4.78, 5) is 9.29. The number of anilines is 12. The van der Waals surface area contributed by atoms with E-state index in [4.69, 9.17) is 8.83 Å². The lowest BCUT2D eigenvalue weighted by Gasteiger charge is -2.26. The van der Waals surface area contributed by atoms with Gasteiger partial charge in [-0.3, -0.25) is 0 Å². The van der Waals surface area contributed by atoms with Gasteiger partial charge in [0, 0.05) is 96.6 Å². The third-order valence-electron chi connectivity index (χ3n) is 18.5. The highest BCUT2D eigenvalue weighted by Gasteiger charge is 2.27. The van der Waals surface area contributed by atoms with E-state index in [1.807, 2.05) is 22.7 Å². The highest BCUT2D eigenvalue weighted by molar-refractivity contribution is 7.26. The maximum absolute atomic E-state index is 6.92. The summed E-state index contributed by atoms with van der Waals surface area (Å²) in [5.41, 5.74) is 18.6. The number of para-hydroxylation sites is 7. The molecule has 0 aliphatic carbocycles. The zero-order valence-electron chi connectivity index (χ0n) is 53.1. The average molecular weight is 1290 g/mol. The van der Waals surface area contributed by atoms with Crippen molar-refractivity contribution in [2.45, 2.75) is 0 Å². The topological polar surface area (TPSA) is 39.2 Å². The van der Waals surface area contributed by atoms with Crippen molar-refractivity contribution >= 4 is 175 Å². The Morgan fingerprint density at radius 1 is 0.194 bits per heavy atom. The van der Waals surface area contributed by atoms with Crippen molar-refractivity contribution in [1.82, 2.24) is 0 Å². The van der Waals surface area contributed by atoms with Gasteiger partial charge in [-0.05, 0) is 157 Å². The predicted octanol–water partition coefficient (Wildman–Crippen LogP) is 27.5. The summed E-state index contributed by atoms with van der Waals surface area (Å²) < 4.78 is 18.9. The zero-order valence-corrected chi connectivity index (χ0v) is 54.7. The molecule has 0 saturated carbocycles. The van der Waals surface area contributed by atoms with Gasteiger partial charge in [-0.15, -0.1) is 22.7 Å². The van der Waals surface area contributed by atoms with E-state index in [-0.39, 0.29) is 0 Å². The minimum atomic E-state index is 0.842. The monoisotopic (exact) mass is 1290 g/mol. The van der Waals surface area contributed by atoms with Crippen molar-refractivity contribution in [3.8, 4) is 11.1 Å². The first-order valence-corrected chi connectivity index (χ1v) is 34.6. The molecule has 6 nitrogen and oxygen atoms in total. The molecule has 0 atom stereocenters. The lowest BCUT2D eigenvalue weighted by atomic mass is 10.0. The summed E-state index contributed by atoms with van der Waals surface area (Å²) in [6.07, 6.45) is 0. The molecule has 0 spiro atoms. The van der Waals surface area contributed by atoms with E-state index in [1.165, 1.54) is 51.5 Å². The van der Waals surface area contributed by atoms with Crippen LogP contribution in [0.15, 0.2) is 373 Å². The van der Waals surface area contributed by atoms with Crippen molar-refractivity contribution in [1.29, 1.82) is 0 Å². The molecule has 0 saturated heterocycles. The molecule has 98 heavy (non-hydrogen) atoms. The largest absolute Gasteiger partial charge is 0.454 e. The Kier molecular flexibility index (Phi) is 14.8. The third kappa shape index (κ3) is 10.4. The summed E-state index contributed by atoms with van der Waals surface area (Å²) in [6.45, 7) is 0. The highest BCUT2D eigenvalue weighted by atomic mass is 32.1. The van der Waals surface area contributed by atoms with Gasteiger partial charge in [0.25, 0.3) is 0 Å². The van der Waals surface area contributed by atoms with Crippen LogP contribution < -0.4 is 19.6 Å². The van der Waals surface area contributed by atoms with Crippen LogP contribution >= 0.6 is 22.7 Å². The molecule has 19 rings (SSSR count). The van der Waals surface area contributed by atoms with Gasteiger partial charge in [-0.2, -0.15) is 0 Å². The van der Waals surface area contributed by atoms with Crippen LogP contribution in [0.4, 0.5) is 68.2 Å². The molecule has 15 aromatic carbocycles. The number of nitrogens with zero attached hydrogens (tertiary/aromatic N) is 4. The van der Waals surface area contributed by atoms with E-state index in [2.05, 4.69) is 384 Å². The zero-order chi connectivity index (χ0) is 64.9. The van der Waals surface area contributed by atoms with Crippen LogP contribution in [0.25, 0.3) is 95.3 Å². The van der Waals surface area contributed by atoms with Gasteiger partial charge < -0.3 is 28.4 Å². The number of rotatable bonds is 13. The van der Waals surface area contributed by atoms with E-state index < -0.39 is 0 Å². The molecule has 464 valence electrons. The Labute approximate surface area is 574 Å². The third-order valence-corrected chi connectivity index (χ3v) is 20.7. The second-order valence-corrected chi connectivity index (χ2v) is 26.5. The molecular formula is C90H60N4O2S2. The normalized spacial score (nSPS) is 11.5. The number of fused-ring (bicyclic) bond motifs is 12. The Bertz CT molecular complexity index is 6040. The van der Waals surface area contributed by atoms with E-state index in [1.54, 1.807) is 0 Å². The fourth-order valence-electron chi connectivity index (χ4n) is 14.1. The first kappa shape index (κ1) is 58.1. The number of benzene rings is 15. The van der Waals surface area contributed by atoms with E-state index in [0.29, 0.717) is 0 Å². The van der Waals surface area contributed by atoms with Crippen LogP contribution in [0.1, 0.15) is 0 Å². The van der Waals surface area contributed by atoms with Gasteiger partial charge >= 0.3 is 0 Å². The van der Waals surface area contributed by atoms with Crippen molar-refractivity contribution < 1.29 is 8.83 Å². The Hall–Kier alpha value is -12.5. The molecule has 0 fully saturated rings. The average Bonchev–Trinajstić information content (AvgIpc) is 1.58. The molecule has 0 radical (unpaired) electrons. The van der Waals surface area contributed by atoms with Crippen molar-refractivity contribution in [2.75, 3.05) is 19.6 Å². The smallest absolute Gasteiger partial charge is 0.159 e. The van der Waals surface area contributed by atoms with Gasteiger partial charge in [0.2, 0.25) is 0 Å². The summed E-state index contributed by atoms with van der Waals surface area (Å²) in [6, 6.07) is 129. The molecule has 8 heteroatoms. The Morgan fingerprint density at radius 3 is 0.878 bits per heavy atom. The predicted molar refractivity (Wildman–Crippen MR) is 417 cm³/mol. The fourth-order valence-corrected chi connectivity index (χ4v) is 16.4. The van der Waals surface area contributed by atoms with Gasteiger partial charge in [-0.25, -0.2) is 0 Å². The fraction of sp³-hybridized carbons (Fsp3) is 0. The minimum Gasteiger partial charge on any atom is -0.454 e. The maximum Gasteiger partial charge on any atom is 0.159 e. The van der Waals surface area contributed by atoms with Gasteiger partial charge in [-0.1, -0.05) is 218 Å². The molecule has 4 heterocycles. The SMILES string of the molecule is c1ccc(-c2ccc(N(c3ccccc3)c3cccc4oc5c(N(c6ccccc6)c6ccc7c(c6)sc6ccccc67)cccc5c34)cc2)cc1.c1ccc(N(c2ccc3c(c2)sc2ccccc23)c2cccc3c2oc2cccc(N(c4ccccc4)c4ccccc4)c23)cc1. The molecule has 0 aliphatic rings. The number of thiophene rings is 2. The van der Waals surface area contributed by atoms with Crippen LogP contribution in [0.5, 0.6) is 0 Å². The van der Waals surface area contributed by atoms with Gasteiger partial charge in [0.15, 0.2) is 11.2 Å². The molecule has 4 aromatic heterocycles. The number of furan rings is 2. The number of hydrogen-bond donors (Lipinski definition) is 0. The first-order valence-electron chi connectivity index (χ1n) is 33.0. The minimum absolute atomic E-state index is 0.842. The van der Waals surface area contributed by atoms with E-state index in [0.717, 1.165) is 112 Å². The number of hydrogen-bond acceptors (Lipinski definition) is 8. The molecule has 0 bridgehead atoms. The quantitative estimate of drug-likeness (QED) is 0.115. The second-order valence-electron chi connectivity index (χ2n) is 24.3. The summed E-state index contributed by atoms with van der Waals surface area (Å²) in [7, 11) is 0. The Balaban J connectivity index is 0.000000143. The standard InChI is InChI=1S/C48H32N2OS.C42H28N2OS/c1-4-14-33(15-5-1)34-26-28-37(29-27-34)49(35-16-6-2-7-17-35)42-22-13-24-44-47(42)41-21-12-23-43(48(41)51-44)50(36-18-8-3-9-19-36)38-30-31-40-39-20-10-11-25-45(39)52-46(40)32-38;1-4-14-29(15-5-1)43(30-16-6-2-7-17-30)36-22-13-24-38-41(36)35-21-12-23-37(42(35)45-38)44(31-18-8-3-9-19-31)32-26-27-34-33-20-10-11-25-39(33)46-40(34)28-32/h1-32H;1-28H. The van der Waals surface area contributed by atoms with Gasteiger partial charge in [0.1, 0.15) is 11.2 Å². The van der Waals surface area contributed by atoms with Gasteiger partial charge in [0.05, 0.1) is 33.5 Å². The highest BCUT2D eigenvalue weighted by Crippen LogP contribution is 2.51. The molecule has 0 unspecified atom stereocenters. The first-order chi connectivity index (χ1) is 48.6. The van der Waals surface area contributed by atoms with Crippen LogP contribution in [-0.4, -0.2) is 0 Å². The van der Waals surface area contributed by atoms with E-state index in [9.17, 15) is 0 Å². The van der Waals surface area contributed by atoms with Crippen LogP contribution in [0.3, 0.4) is 0 Å². The lowest BCUT2D eigenvalue weighted by molar-refractivity contribution is 0.668. The molecule has 0 aliphatic heterocycles. The van der Waals surface area contributed by atoms with Crippen LogP contribution in [-0.2, 0) is 0 Å². The molecule has 19 aromatic rings. The Morgan fingerprint density at radius 2 is 0.480 bits per heavy atom. The van der Waals surface area contributed by atoms with Crippen LogP contribution in [0, 0.1) is 0 Å². The lowest BCUT2D eigenvalue weighted by Crippen LogP contribution is -2.10. The van der Waals surface area contributed by atoms with E-state index >= 15 is 0 Å². The van der Waals surface area contributed by atoms with Crippen molar-refractivity contribution in [3.63, 3.8) is 0 Å². The summed E-state index contributed by atoms with van der Waals surface area (Å²) in [5.74, 6) is 0. The second kappa shape index (κ2) is 25.0. The molecule has 0 amide bonds. The molecule has 0 N–H and O–H groups in total. The molecular weight excluding hydrogens is 1230 g/mol. The summed E-state index contributed by atoms with van der Waals surface area (Å²) in [5, 5.41) is 9.45. The summed E-state index contributed by atoms with van der Waals surface area (Å²) >= 11 is 3.67. The maximum atomic E-state index is 6.92. The van der Waals surface area contributed by atoms with Crippen LogP contribution in [0.2, 0.25) is 0 Å².